The normalized spacial score (nSPS) is 12.9. The second kappa shape index (κ2) is 9.74. The third kappa shape index (κ3) is 9.84. The van der Waals surface area contributed by atoms with Crippen LogP contribution < -0.4 is 0 Å². The molecule has 0 rings (SSSR count). The molecule has 0 bridgehead atoms. The van der Waals surface area contributed by atoms with Gasteiger partial charge in [0, 0.05) is 26.8 Å². The van der Waals surface area contributed by atoms with Crippen LogP contribution in [0.2, 0.25) is 0 Å². The predicted molar refractivity (Wildman–Crippen MR) is 68.3 cm³/mol. The molecular weight excluding hydrogens is 268 g/mol. The van der Waals surface area contributed by atoms with Gasteiger partial charge in [0.15, 0.2) is 6.10 Å². The van der Waals surface area contributed by atoms with E-state index in [1.165, 1.54) is 39.0 Å². The van der Waals surface area contributed by atoms with Crippen molar-refractivity contribution in [2.75, 3.05) is 13.2 Å². The first-order valence-corrected chi connectivity index (χ1v) is 5.83. The average Bonchev–Trinajstić information content (AvgIpc) is 2.31. The van der Waals surface area contributed by atoms with Gasteiger partial charge in [-0.1, -0.05) is 6.08 Å². The number of aliphatic hydroxyl groups is 1. The molecule has 0 aromatic heterocycles. The Labute approximate surface area is 116 Å². The molecular formula is C13H18O7. The van der Waals surface area contributed by atoms with Gasteiger partial charge in [0.2, 0.25) is 0 Å². The zero-order chi connectivity index (χ0) is 15.5. The van der Waals surface area contributed by atoms with Gasteiger partial charge in [-0.3, -0.25) is 14.4 Å². The summed E-state index contributed by atoms with van der Waals surface area (Å²) in [5.41, 5.74) is 0. The standard InChI is InChI=1S/C13H18O7/c1-9(15)18-8-13(20-11(3)17)7-12(5-4-6-14)19-10(2)16/h4-5,7,13-14H,6,8H2,1-3H3/b5-4+,12-7-/t13-/m0/s1. The van der Waals surface area contributed by atoms with Crippen molar-refractivity contribution in [1.29, 1.82) is 0 Å². The van der Waals surface area contributed by atoms with E-state index in [-0.39, 0.29) is 19.0 Å². The Morgan fingerprint density at radius 1 is 1.10 bits per heavy atom. The SMILES string of the molecule is CC(=O)OC[C@H](/C=C(/C=C/CO)OC(C)=O)OC(C)=O. The first-order valence-electron chi connectivity index (χ1n) is 5.83. The topological polar surface area (TPSA) is 99.1 Å². The number of allylic oxidation sites excluding steroid dienone is 1. The van der Waals surface area contributed by atoms with E-state index in [4.69, 9.17) is 19.3 Å². The minimum absolute atomic E-state index is 0.0740. The number of hydrogen-bond acceptors (Lipinski definition) is 7. The molecule has 1 N–H and O–H groups in total. The van der Waals surface area contributed by atoms with Crippen LogP contribution in [0.3, 0.4) is 0 Å². The van der Waals surface area contributed by atoms with Gasteiger partial charge < -0.3 is 19.3 Å². The Balaban J connectivity index is 4.99. The lowest BCUT2D eigenvalue weighted by atomic mass is 10.3. The summed E-state index contributed by atoms with van der Waals surface area (Å²) in [7, 11) is 0. The van der Waals surface area contributed by atoms with Crippen LogP contribution in [-0.4, -0.2) is 42.3 Å². The summed E-state index contributed by atoms with van der Waals surface area (Å²) in [5.74, 6) is -1.61. The van der Waals surface area contributed by atoms with Crippen molar-refractivity contribution in [2.24, 2.45) is 0 Å². The van der Waals surface area contributed by atoms with Crippen LogP contribution in [0.15, 0.2) is 24.0 Å². The van der Waals surface area contributed by atoms with E-state index in [2.05, 4.69) is 0 Å². The van der Waals surface area contributed by atoms with Gasteiger partial charge in [-0.15, -0.1) is 0 Å². The van der Waals surface area contributed by atoms with Crippen LogP contribution in [0.25, 0.3) is 0 Å². The van der Waals surface area contributed by atoms with E-state index in [0.717, 1.165) is 0 Å². The number of ether oxygens (including phenoxy) is 3. The van der Waals surface area contributed by atoms with E-state index in [1.54, 1.807) is 0 Å². The fourth-order valence-corrected chi connectivity index (χ4v) is 1.17. The van der Waals surface area contributed by atoms with Gasteiger partial charge in [-0.2, -0.15) is 0 Å². The van der Waals surface area contributed by atoms with Crippen molar-refractivity contribution in [3.05, 3.63) is 24.0 Å². The molecule has 7 heteroatoms. The molecule has 0 aliphatic heterocycles. The van der Waals surface area contributed by atoms with Crippen LogP contribution in [0, 0.1) is 0 Å². The first-order chi connectivity index (χ1) is 9.35. The number of rotatable bonds is 7. The summed E-state index contributed by atoms with van der Waals surface area (Å²) in [6, 6.07) is 0. The highest BCUT2D eigenvalue weighted by Crippen LogP contribution is 2.07. The van der Waals surface area contributed by atoms with E-state index < -0.39 is 24.0 Å². The molecule has 0 aromatic carbocycles. The van der Waals surface area contributed by atoms with Crippen molar-refractivity contribution in [3.8, 4) is 0 Å². The molecule has 0 aliphatic rings. The molecule has 0 spiro atoms. The second-order valence-corrected chi connectivity index (χ2v) is 3.70. The minimum Gasteiger partial charge on any atom is -0.462 e. The number of esters is 3. The number of carbonyl (C=O) groups excluding carboxylic acids is 3. The molecule has 0 aliphatic carbocycles. The van der Waals surface area contributed by atoms with Gasteiger partial charge in [0.25, 0.3) is 0 Å². The molecule has 0 amide bonds. The smallest absolute Gasteiger partial charge is 0.308 e. The highest BCUT2D eigenvalue weighted by atomic mass is 16.6. The Bertz CT molecular complexity index is 409. The van der Waals surface area contributed by atoms with Crippen LogP contribution in [0.1, 0.15) is 20.8 Å². The summed E-state index contributed by atoms with van der Waals surface area (Å²) in [6.07, 6.45) is 3.09. The minimum atomic E-state index is -0.894. The molecule has 0 fully saturated rings. The predicted octanol–water partition coefficient (Wildman–Crippen LogP) is 0.477. The maximum atomic E-state index is 11.0. The van der Waals surface area contributed by atoms with Crippen molar-refractivity contribution in [1.82, 2.24) is 0 Å². The molecule has 7 nitrogen and oxygen atoms in total. The molecule has 0 saturated heterocycles. The van der Waals surface area contributed by atoms with Gasteiger partial charge >= 0.3 is 17.9 Å². The Hall–Kier alpha value is -2.15. The molecule has 0 heterocycles. The molecule has 1 atom stereocenters. The summed E-state index contributed by atoms with van der Waals surface area (Å²) in [5, 5.41) is 8.70. The lowest BCUT2D eigenvalue weighted by Gasteiger charge is -2.14. The van der Waals surface area contributed by atoms with E-state index in [0.29, 0.717) is 0 Å². The molecule has 0 radical (unpaired) electrons. The van der Waals surface area contributed by atoms with Crippen molar-refractivity contribution in [2.45, 2.75) is 26.9 Å². The summed E-state index contributed by atoms with van der Waals surface area (Å²) < 4.78 is 14.5. The molecule has 112 valence electrons. The van der Waals surface area contributed by atoms with Gasteiger partial charge in [-0.25, -0.2) is 0 Å². The number of aliphatic hydroxyl groups excluding tert-OH is 1. The van der Waals surface area contributed by atoms with Crippen LogP contribution in [0.4, 0.5) is 0 Å². The average molecular weight is 286 g/mol. The van der Waals surface area contributed by atoms with Crippen molar-refractivity contribution >= 4 is 17.9 Å². The van der Waals surface area contributed by atoms with E-state index in [9.17, 15) is 14.4 Å². The second-order valence-electron chi connectivity index (χ2n) is 3.70. The quantitative estimate of drug-likeness (QED) is 0.314. The summed E-state index contributed by atoms with van der Waals surface area (Å²) in [4.78, 5) is 32.6. The number of hydrogen-bond donors (Lipinski definition) is 1. The highest BCUT2D eigenvalue weighted by Gasteiger charge is 2.13. The van der Waals surface area contributed by atoms with Crippen LogP contribution in [-0.2, 0) is 28.6 Å². The van der Waals surface area contributed by atoms with Gasteiger partial charge in [0.1, 0.15) is 12.4 Å². The lowest BCUT2D eigenvalue weighted by Crippen LogP contribution is -2.22. The lowest BCUT2D eigenvalue weighted by molar-refractivity contribution is -0.153. The highest BCUT2D eigenvalue weighted by molar-refractivity contribution is 5.68. The first kappa shape index (κ1) is 17.8. The third-order valence-electron chi connectivity index (χ3n) is 1.77. The van der Waals surface area contributed by atoms with E-state index >= 15 is 0 Å². The summed E-state index contributed by atoms with van der Waals surface area (Å²) in [6.45, 7) is 3.16. The van der Waals surface area contributed by atoms with Gasteiger partial charge in [0.05, 0.1) is 6.61 Å². The zero-order valence-corrected chi connectivity index (χ0v) is 11.6. The Morgan fingerprint density at radius 2 is 1.75 bits per heavy atom. The molecule has 0 unspecified atom stereocenters. The molecule has 0 saturated carbocycles. The maximum Gasteiger partial charge on any atom is 0.308 e. The fraction of sp³-hybridized carbons (Fsp3) is 0.462. The molecule has 0 aromatic rings. The number of carbonyl (C=O) groups is 3. The van der Waals surface area contributed by atoms with Crippen molar-refractivity contribution < 1.29 is 33.7 Å². The molecule has 20 heavy (non-hydrogen) atoms. The van der Waals surface area contributed by atoms with Crippen LogP contribution in [0.5, 0.6) is 0 Å². The van der Waals surface area contributed by atoms with Crippen LogP contribution >= 0.6 is 0 Å². The monoisotopic (exact) mass is 286 g/mol. The fourth-order valence-electron chi connectivity index (χ4n) is 1.17. The Kier molecular flexibility index (Phi) is 8.69. The Morgan fingerprint density at radius 3 is 2.20 bits per heavy atom. The zero-order valence-electron chi connectivity index (χ0n) is 11.6. The largest absolute Gasteiger partial charge is 0.462 e. The summed E-state index contributed by atoms with van der Waals surface area (Å²) >= 11 is 0. The van der Waals surface area contributed by atoms with Crippen molar-refractivity contribution in [3.63, 3.8) is 0 Å². The van der Waals surface area contributed by atoms with Gasteiger partial charge in [-0.05, 0) is 6.08 Å². The van der Waals surface area contributed by atoms with E-state index in [1.807, 2.05) is 0 Å². The third-order valence-corrected chi connectivity index (χ3v) is 1.77. The maximum absolute atomic E-state index is 11.0.